The molecule has 0 aliphatic carbocycles. The molecular weight excluding hydrogens is 436 g/mol. The summed E-state index contributed by atoms with van der Waals surface area (Å²) in [7, 11) is 3.94. The molecule has 0 saturated heterocycles. The molecule has 2 aromatic carbocycles. The molecule has 0 unspecified atom stereocenters. The van der Waals surface area contributed by atoms with E-state index in [4.69, 9.17) is 16.2 Å². The Hall–Kier alpha value is -3.89. The second-order valence-corrected chi connectivity index (χ2v) is 8.64. The number of benzene rings is 2. The summed E-state index contributed by atoms with van der Waals surface area (Å²) in [6.45, 7) is 1.36. The van der Waals surface area contributed by atoms with Gasteiger partial charge in [0.1, 0.15) is 11.0 Å². The van der Waals surface area contributed by atoms with Gasteiger partial charge in [-0.25, -0.2) is 4.98 Å². The van der Waals surface area contributed by atoms with Crippen molar-refractivity contribution in [1.82, 2.24) is 15.2 Å². The maximum Gasteiger partial charge on any atom is 0.273 e. The van der Waals surface area contributed by atoms with Crippen LogP contribution in [0.15, 0.2) is 64.2 Å². The van der Waals surface area contributed by atoms with Crippen LogP contribution >= 0.6 is 11.3 Å². The monoisotopic (exact) mass is 461 g/mol. The molecule has 0 spiro atoms. The van der Waals surface area contributed by atoms with Crippen molar-refractivity contribution in [3.63, 3.8) is 0 Å². The molecule has 9 nitrogen and oxygen atoms in total. The van der Waals surface area contributed by atoms with Crippen molar-refractivity contribution in [3.8, 4) is 0 Å². The number of likely N-dealkylation sites (N-methyl/N-ethyl adjacent to an activating group) is 1. The number of carbonyl (C=O) groups excluding carboxylic acids is 1. The highest BCUT2D eigenvalue weighted by atomic mass is 32.1. The summed E-state index contributed by atoms with van der Waals surface area (Å²) in [5.74, 6) is 0.799. The first kappa shape index (κ1) is 22.3. The van der Waals surface area contributed by atoms with Crippen LogP contribution in [0, 0.1) is 0 Å². The lowest BCUT2D eigenvalue weighted by Crippen LogP contribution is -2.31. The van der Waals surface area contributed by atoms with E-state index >= 15 is 0 Å². The third-order valence-electron chi connectivity index (χ3n) is 5.09. The van der Waals surface area contributed by atoms with E-state index in [1.165, 1.54) is 0 Å². The highest BCUT2D eigenvalue weighted by Crippen LogP contribution is 2.35. The fourth-order valence-corrected chi connectivity index (χ4v) is 4.38. The predicted octanol–water partition coefficient (Wildman–Crippen LogP) is 2.32. The molecular formula is C23H25N8OS+. The Morgan fingerprint density at radius 1 is 1.15 bits per heavy atom. The number of carbonyl (C=O) groups is 1. The zero-order valence-corrected chi connectivity index (χ0v) is 19.2. The van der Waals surface area contributed by atoms with E-state index in [9.17, 15) is 4.79 Å². The maximum atomic E-state index is 12.5. The number of nitrogens with zero attached hydrogens (tertiary/aromatic N) is 4. The van der Waals surface area contributed by atoms with Gasteiger partial charge in [0.25, 0.3) is 11.7 Å². The van der Waals surface area contributed by atoms with Crippen LogP contribution in [0.2, 0.25) is 0 Å². The van der Waals surface area contributed by atoms with E-state index in [0.29, 0.717) is 23.5 Å². The van der Waals surface area contributed by atoms with Crippen LogP contribution in [0.3, 0.4) is 0 Å². The number of amides is 1. The molecule has 0 atom stereocenters. The number of hydrogen-bond donors (Lipinski definition) is 4. The summed E-state index contributed by atoms with van der Waals surface area (Å²) in [6, 6.07) is 15.1. The smallest absolute Gasteiger partial charge is 0.273 e. The number of thiophene rings is 1. The molecule has 2 aromatic heterocycles. The molecule has 2 heterocycles. The molecule has 0 fully saturated rings. The minimum Gasteiger partial charge on any atom is -0.360 e. The summed E-state index contributed by atoms with van der Waals surface area (Å²) in [5, 5.41) is 17.3. The third kappa shape index (κ3) is 4.97. The summed E-state index contributed by atoms with van der Waals surface area (Å²) in [4.78, 5) is 19.4. The molecule has 10 heteroatoms. The van der Waals surface area contributed by atoms with E-state index < -0.39 is 0 Å². The predicted molar refractivity (Wildman–Crippen MR) is 133 cm³/mol. The minimum atomic E-state index is -0.114. The second kappa shape index (κ2) is 9.72. The molecule has 168 valence electrons. The number of aromatic nitrogens is 1. The van der Waals surface area contributed by atoms with Crippen molar-refractivity contribution < 1.29 is 10.3 Å². The van der Waals surface area contributed by atoms with E-state index in [1.807, 2.05) is 66.8 Å². The lowest BCUT2D eigenvalue weighted by Gasteiger charge is -2.12. The number of rotatable bonds is 8. The first-order valence-corrected chi connectivity index (χ1v) is 11.2. The van der Waals surface area contributed by atoms with E-state index in [2.05, 4.69) is 21.0 Å². The molecule has 4 aromatic rings. The van der Waals surface area contributed by atoms with Gasteiger partial charge in [-0.3, -0.25) is 4.79 Å². The highest BCUT2D eigenvalue weighted by Gasteiger charge is 2.14. The minimum absolute atomic E-state index is 0.114. The van der Waals surface area contributed by atoms with E-state index in [0.717, 1.165) is 33.2 Å². The molecule has 0 bridgehead atoms. The van der Waals surface area contributed by atoms with Gasteiger partial charge in [-0.15, -0.1) is 11.3 Å². The fraction of sp³-hybridized carbons (Fsp3) is 0.174. The van der Waals surface area contributed by atoms with Gasteiger partial charge in [-0.2, -0.15) is 5.53 Å². The van der Waals surface area contributed by atoms with Crippen LogP contribution in [-0.2, 0) is 0 Å². The van der Waals surface area contributed by atoms with Crippen molar-refractivity contribution in [1.29, 1.82) is 0 Å². The van der Waals surface area contributed by atoms with Crippen molar-refractivity contribution in [2.45, 2.75) is 0 Å². The zero-order chi connectivity index (χ0) is 23.4. The Balaban J connectivity index is 1.67. The lowest BCUT2D eigenvalue weighted by atomic mass is 10.1. The van der Waals surface area contributed by atoms with E-state index in [1.54, 1.807) is 17.4 Å². The van der Waals surface area contributed by atoms with Crippen LogP contribution in [0.4, 0.5) is 11.5 Å². The van der Waals surface area contributed by atoms with Gasteiger partial charge >= 0.3 is 0 Å². The molecule has 0 saturated carbocycles. The number of hydrogen-bond acceptors (Lipinski definition) is 6. The highest BCUT2D eigenvalue weighted by molar-refractivity contribution is 7.18. The summed E-state index contributed by atoms with van der Waals surface area (Å²) >= 11 is 1.64. The number of nitrogens with two attached hydrogens (primary N) is 2. The first-order chi connectivity index (χ1) is 16.0. The van der Waals surface area contributed by atoms with Crippen LogP contribution in [0.25, 0.3) is 21.0 Å². The second-order valence-electron chi connectivity index (χ2n) is 7.72. The summed E-state index contributed by atoms with van der Waals surface area (Å²) < 4.78 is 1.10. The van der Waals surface area contributed by atoms with Gasteiger partial charge < -0.3 is 21.3 Å². The molecule has 1 amide bonds. The molecule has 33 heavy (non-hydrogen) atoms. The van der Waals surface area contributed by atoms with Crippen molar-refractivity contribution in [3.05, 3.63) is 65.0 Å². The quantitative estimate of drug-likeness (QED) is 0.138. The lowest BCUT2D eigenvalue weighted by molar-refractivity contribution is -0.221. The van der Waals surface area contributed by atoms with Crippen LogP contribution in [-0.4, -0.2) is 48.8 Å². The topological polar surface area (TPSA) is 134 Å². The van der Waals surface area contributed by atoms with Gasteiger partial charge in [-0.05, 0) is 55.9 Å². The Kier molecular flexibility index (Phi) is 6.57. The number of pyridine rings is 1. The van der Waals surface area contributed by atoms with Gasteiger partial charge in [0.2, 0.25) is 0 Å². The van der Waals surface area contributed by atoms with Gasteiger partial charge in [0.05, 0.1) is 10.6 Å². The van der Waals surface area contributed by atoms with Crippen molar-refractivity contribution in [2.75, 3.05) is 32.5 Å². The molecule has 0 radical (unpaired) electrons. The van der Waals surface area contributed by atoms with Crippen LogP contribution < -0.4 is 21.9 Å². The van der Waals surface area contributed by atoms with Gasteiger partial charge in [0, 0.05) is 45.4 Å². The average Bonchev–Trinajstić information content (AvgIpc) is 3.29. The Labute approximate surface area is 194 Å². The van der Waals surface area contributed by atoms with Crippen LogP contribution in [0.5, 0.6) is 0 Å². The fourth-order valence-electron chi connectivity index (χ4n) is 3.45. The average molecular weight is 462 g/mol. The number of amidine groups is 1. The zero-order valence-electron chi connectivity index (χ0n) is 18.4. The first-order valence-electron chi connectivity index (χ1n) is 10.3. The van der Waals surface area contributed by atoms with Crippen molar-refractivity contribution >= 4 is 55.6 Å². The Bertz CT molecular complexity index is 1360. The normalized spacial score (nSPS) is 11.8. The molecule has 6 N–H and O–H groups in total. The number of fused-ring (bicyclic) bond motifs is 3. The molecule has 0 aliphatic heterocycles. The SMILES string of the molecule is CN(C)CCNC(=O)c1cccc(Nc2nc3cc(/C(N)=N/N=[NH2+])ccc3c3sccc23)c1. The Morgan fingerprint density at radius 2 is 2.00 bits per heavy atom. The third-order valence-corrected chi connectivity index (χ3v) is 6.04. The van der Waals surface area contributed by atoms with Crippen LogP contribution in [0.1, 0.15) is 15.9 Å². The molecule has 0 aliphatic rings. The summed E-state index contributed by atoms with van der Waals surface area (Å²) in [5.41, 5.74) is 13.9. The summed E-state index contributed by atoms with van der Waals surface area (Å²) in [6.07, 6.45) is 0. The van der Waals surface area contributed by atoms with Crippen molar-refractivity contribution in [2.24, 2.45) is 16.1 Å². The number of anilines is 2. The standard InChI is InChI=1S/C23H24N8OS/c1-31(2)10-9-26-23(32)15-4-3-5-16(12-15)27-22-18-8-11-33-20(18)17-7-6-14(13-19(17)28-22)21(24)29-30-25/h3-8,11-13H,9-10H2,1-2H3,(H,26,32)(H,27,28)(H3,24,25,29)/p+1. The molecule has 4 rings (SSSR count). The maximum absolute atomic E-state index is 12.5. The van der Waals surface area contributed by atoms with E-state index in [-0.39, 0.29) is 11.7 Å². The van der Waals surface area contributed by atoms with Gasteiger partial charge in [-0.1, -0.05) is 12.1 Å². The Morgan fingerprint density at radius 3 is 2.79 bits per heavy atom. The largest absolute Gasteiger partial charge is 0.360 e. The van der Waals surface area contributed by atoms with Gasteiger partial charge in [0.15, 0.2) is 0 Å². The number of nitrogens with one attached hydrogen (secondary N) is 2.